The highest BCUT2D eigenvalue weighted by molar-refractivity contribution is 7.80. The number of rotatable bonds is 1. The first-order chi connectivity index (χ1) is 8.28. The lowest BCUT2D eigenvalue weighted by molar-refractivity contribution is 0.0943. The summed E-state index contributed by atoms with van der Waals surface area (Å²) < 4.78 is 0. The highest BCUT2D eigenvalue weighted by Gasteiger charge is 2.11. The number of nitrogens with one attached hydrogen (secondary N) is 3. The van der Waals surface area contributed by atoms with Crippen LogP contribution in [0.2, 0.25) is 5.02 Å². The number of benzene rings is 1. The number of thiocarbonyl (C=S) groups is 1. The van der Waals surface area contributed by atoms with Gasteiger partial charge >= 0.3 is 0 Å². The van der Waals surface area contributed by atoms with Crippen molar-refractivity contribution < 1.29 is 4.79 Å². The summed E-state index contributed by atoms with van der Waals surface area (Å²) in [6.45, 7) is 5.92. The summed E-state index contributed by atoms with van der Waals surface area (Å²) in [5, 5.41) is 3.97. The molecule has 0 spiro atoms. The SMILES string of the molecule is CC(C)(C)NC(=S)NNC(=O)c1ccc(Cl)cc1. The molecule has 0 bridgehead atoms. The van der Waals surface area contributed by atoms with Gasteiger partial charge in [-0.25, -0.2) is 0 Å². The van der Waals surface area contributed by atoms with Gasteiger partial charge in [-0.2, -0.15) is 0 Å². The van der Waals surface area contributed by atoms with Gasteiger partial charge in [0, 0.05) is 16.1 Å². The Morgan fingerprint density at radius 2 is 1.72 bits per heavy atom. The Morgan fingerprint density at radius 1 is 1.17 bits per heavy atom. The molecule has 1 amide bonds. The molecule has 6 heteroatoms. The minimum Gasteiger partial charge on any atom is -0.357 e. The highest BCUT2D eigenvalue weighted by atomic mass is 35.5. The fourth-order valence-corrected chi connectivity index (χ4v) is 1.64. The van der Waals surface area contributed by atoms with Gasteiger partial charge in [-0.1, -0.05) is 11.6 Å². The average molecular weight is 286 g/mol. The predicted molar refractivity (Wildman–Crippen MR) is 77.5 cm³/mol. The van der Waals surface area contributed by atoms with Crippen molar-refractivity contribution in [2.24, 2.45) is 0 Å². The highest BCUT2D eigenvalue weighted by Crippen LogP contribution is 2.08. The van der Waals surface area contributed by atoms with Gasteiger partial charge in [-0.15, -0.1) is 0 Å². The number of hydrazine groups is 1. The second-order valence-corrected chi connectivity index (χ2v) is 5.63. The van der Waals surface area contributed by atoms with Crippen molar-refractivity contribution in [3.05, 3.63) is 34.9 Å². The van der Waals surface area contributed by atoms with Crippen LogP contribution >= 0.6 is 23.8 Å². The van der Waals surface area contributed by atoms with Crippen LogP contribution < -0.4 is 16.2 Å². The molecule has 0 atom stereocenters. The van der Waals surface area contributed by atoms with Gasteiger partial charge < -0.3 is 5.32 Å². The molecule has 98 valence electrons. The predicted octanol–water partition coefficient (Wildman–Crippen LogP) is 2.25. The van der Waals surface area contributed by atoms with E-state index in [-0.39, 0.29) is 11.4 Å². The molecule has 18 heavy (non-hydrogen) atoms. The summed E-state index contributed by atoms with van der Waals surface area (Å²) in [5.74, 6) is -0.273. The molecule has 3 N–H and O–H groups in total. The van der Waals surface area contributed by atoms with Gasteiger partial charge in [0.15, 0.2) is 5.11 Å². The van der Waals surface area contributed by atoms with Crippen LogP contribution in [-0.4, -0.2) is 16.6 Å². The summed E-state index contributed by atoms with van der Waals surface area (Å²) in [6, 6.07) is 6.59. The van der Waals surface area contributed by atoms with Crippen molar-refractivity contribution >= 4 is 34.8 Å². The van der Waals surface area contributed by atoms with Crippen LogP contribution in [0.3, 0.4) is 0 Å². The van der Waals surface area contributed by atoms with E-state index in [4.69, 9.17) is 23.8 Å². The minimum atomic E-state index is -0.273. The van der Waals surface area contributed by atoms with Gasteiger partial charge in [-0.05, 0) is 57.3 Å². The molecule has 4 nitrogen and oxygen atoms in total. The third kappa shape index (κ3) is 5.33. The topological polar surface area (TPSA) is 53.2 Å². The van der Waals surface area contributed by atoms with Crippen molar-refractivity contribution in [1.82, 2.24) is 16.2 Å². The van der Waals surface area contributed by atoms with Gasteiger partial charge in [0.05, 0.1) is 0 Å². The lowest BCUT2D eigenvalue weighted by Gasteiger charge is -2.23. The quantitative estimate of drug-likeness (QED) is 0.547. The Balaban J connectivity index is 2.47. The normalized spacial score (nSPS) is 10.7. The molecule has 0 aromatic heterocycles. The van der Waals surface area contributed by atoms with Gasteiger partial charge in [-0.3, -0.25) is 15.6 Å². The molecule has 0 saturated carbocycles. The second kappa shape index (κ2) is 6.02. The smallest absolute Gasteiger partial charge is 0.269 e. The van der Waals surface area contributed by atoms with Crippen LogP contribution in [0, 0.1) is 0 Å². The molecule has 0 radical (unpaired) electrons. The van der Waals surface area contributed by atoms with Crippen molar-refractivity contribution in [2.45, 2.75) is 26.3 Å². The molecule has 1 rings (SSSR count). The largest absolute Gasteiger partial charge is 0.357 e. The van der Waals surface area contributed by atoms with Crippen LogP contribution in [0.1, 0.15) is 31.1 Å². The lowest BCUT2D eigenvalue weighted by Crippen LogP contribution is -2.52. The fraction of sp³-hybridized carbons (Fsp3) is 0.333. The fourth-order valence-electron chi connectivity index (χ4n) is 1.16. The number of halogens is 1. The lowest BCUT2D eigenvalue weighted by atomic mass is 10.1. The first kappa shape index (κ1) is 14.7. The Hall–Kier alpha value is -1.33. The van der Waals surface area contributed by atoms with Crippen molar-refractivity contribution in [2.75, 3.05) is 0 Å². The van der Waals surface area contributed by atoms with Crippen LogP contribution in [0.15, 0.2) is 24.3 Å². The first-order valence-electron chi connectivity index (χ1n) is 5.42. The summed E-state index contributed by atoms with van der Waals surface area (Å²) >= 11 is 10.8. The number of hydrogen-bond donors (Lipinski definition) is 3. The molecule has 0 fully saturated rings. The summed E-state index contributed by atoms with van der Waals surface area (Å²) in [4.78, 5) is 11.7. The number of amides is 1. The molecular weight excluding hydrogens is 270 g/mol. The molecule has 0 unspecified atom stereocenters. The molecule has 0 heterocycles. The standard InChI is InChI=1S/C12H16ClN3OS/c1-12(2,3)14-11(18)16-15-10(17)8-4-6-9(13)7-5-8/h4-7H,1-3H3,(H,15,17)(H2,14,16,18). The number of hydrogen-bond acceptors (Lipinski definition) is 2. The Bertz CT molecular complexity index is 440. The summed E-state index contributed by atoms with van der Waals surface area (Å²) in [7, 11) is 0. The minimum absolute atomic E-state index is 0.158. The molecular formula is C12H16ClN3OS. The molecule has 0 aliphatic rings. The van der Waals surface area contributed by atoms with Crippen LogP contribution in [0.25, 0.3) is 0 Å². The van der Waals surface area contributed by atoms with E-state index in [1.54, 1.807) is 24.3 Å². The molecule has 0 saturated heterocycles. The summed E-state index contributed by atoms with van der Waals surface area (Å²) in [5.41, 5.74) is 5.49. The molecule has 1 aromatic carbocycles. The number of carbonyl (C=O) groups is 1. The van der Waals surface area contributed by atoms with E-state index in [1.165, 1.54) is 0 Å². The third-order valence-corrected chi connectivity index (χ3v) is 2.34. The second-order valence-electron chi connectivity index (χ2n) is 4.79. The number of carbonyl (C=O) groups excluding carboxylic acids is 1. The maximum atomic E-state index is 11.7. The van der Waals surface area contributed by atoms with E-state index in [0.717, 1.165) is 0 Å². The van der Waals surface area contributed by atoms with Crippen molar-refractivity contribution in [1.29, 1.82) is 0 Å². The van der Waals surface area contributed by atoms with Gasteiger partial charge in [0.25, 0.3) is 5.91 Å². The van der Waals surface area contributed by atoms with E-state index in [9.17, 15) is 4.79 Å². The maximum absolute atomic E-state index is 11.7. The van der Waals surface area contributed by atoms with E-state index in [0.29, 0.717) is 15.7 Å². The Kier molecular flexibility index (Phi) is 4.93. The van der Waals surface area contributed by atoms with Gasteiger partial charge in [0.2, 0.25) is 0 Å². The van der Waals surface area contributed by atoms with Crippen LogP contribution in [0.4, 0.5) is 0 Å². The van der Waals surface area contributed by atoms with E-state index in [2.05, 4.69) is 16.2 Å². The molecule has 0 aliphatic carbocycles. The Labute approximate surface area is 117 Å². The van der Waals surface area contributed by atoms with Crippen LogP contribution in [0.5, 0.6) is 0 Å². The van der Waals surface area contributed by atoms with E-state index >= 15 is 0 Å². The zero-order valence-electron chi connectivity index (χ0n) is 10.5. The zero-order valence-corrected chi connectivity index (χ0v) is 12.1. The Morgan fingerprint density at radius 3 is 2.22 bits per heavy atom. The summed E-state index contributed by atoms with van der Waals surface area (Å²) in [6.07, 6.45) is 0. The van der Waals surface area contributed by atoms with E-state index < -0.39 is 0 Å². The maximum Gasteiger partial charge on any atom is 0.269 e. The third-order valence-electron chi connectivity index (χ3n) is 1.88. The van der Waals surface area contributed by atoms with E-state index in [1.807, 2.05) is 20.8 Å². The average Bonchev–Trinajstić information content (AvgIpc) is 2.24. The molecule has 1 aromatic rings. The zero-order chi connectivity index (χ0) is 13.8. The van der Waals surface area contributed by atoms with Crippen molar-refractivity contribution in [3.8, 4) is 0 Å². The van der Waals surface area contributed by atoms with Gasteiger partial charge in [0.1, 0.15) is 0 Å². The van der Waals surface area contributed by atoms with Crippen molar-refractivity contribution in [3.63, 3.8) is 0 Å². The van der Waals surface area contributed by atoms with Crippen LogP contribution in [-0.2, 0) is 0 Å². The molecule has 0 aliphatic heterocycles. The monoisotopic (exact) mass is 285 g/mol. The first-order valence-corrected chi connectivity index (χ1v) is 6.20.